The lowest BCUT2D eigenvalue weighted by atomic mass is 10.0. The maximum atomic E-state index is 13.1. The minimum Gasteiger partial charge on any atom is -0.462 e. The van der Waals surface area contributed by atoms with Gasteiger partial charge in [-0.2, -0.15) is 0 Å². The summed E-state index contributed by atoms with van der Waals surface area (Å²) in [5.74, 6) is -2.18. The van der Waals surface area contributed by atoms with Gasteiger partial charge in [-0.3, -0.25) is 37.3 Å². The summed E-state index contributed by atoms with van der Waals surface area (Å²) in [6, 6.07) is 0. The average Bonchev–Trinajstić information content (AvgIpc) is 0.992. The normalized spacial score (nSPS) is 14.3. The Hall–Kier alpha value is -3.50. The third kappa shape index (κ3) is 70.9. The highest BCUT2D eigenvalue weighted by atomic mass is 31.2. The first-order chi connectivity index (χ1) is 47.7. The van der Waals surface area contributed by atoms with Gasteiger partial charge in [-0.15, -0.1) is 0 Å². The Kier molecular flexibility index (Phi) is 69.3. The van der Waals surface area contributed by atoms with Crippen LogP contribution in [0.5, 0.6) is 0 Å². The molecule has 5 unspecified atom stereocenters. The number of phosphoric ester groups is 2. The van der Waals surface area contributed by atoms with E-state index in [9.17, 15) is 43.2 Å². The summed E-state index contributed by atoms with van der Waals surface area (Å²) < 4.78 is 68.5. The Bertz CT molecular complexity index is 2140. The van der Waals surface area contributed by atoms with Gasteiger partial charge in [0.05, 0.1) is 26.4 Å². The van der Waals surface area contributed by atoms with Gasteiger partial charge in [-0.25, -0.2) is 9.13 Å². The van der Waals surface area contributed by atoms with E-state index < -0.39 is 97.5 Å². The summed E-state index contributed by atoms with van der Waals surface area (Å²) in [5, 5.41) is 10.6. The second-order valence-corrected chi connectivity index (χ2v) is 29.2. The number of unbranched alkanes of at least 4 members (excludes halogenated alkanes) is 36. The van der Waals surface area contributed by atoms with Crippen molar-refractivity contribution in [3.63, 3.8) is 0 Å². The van der Waals surface area contributed by atoms with Crippen LogP contribution in [-0.2, 0) is 65.4 Å². The molecule has 570 valence electrons. The standard InChI is InChI=1S/C79H142O17P2/c1-5-9-13-17-21-25-29-32-34-35-36-37-39-41-45-48-52-56-60-64-77(82)90-70-75(96-79(84)66-62-58-54-50-46-42-38-33-30-26-22-18-14-10-6-2)72-94-98(87,88)92-68-73(80)67-91-97(85,86)93-71-74(95-78(83)65-61-57-53-49-43-28-24-20-16-12-8-4)69-89-76(81)63-59-55-51-47-44-40-31-27-23-19-15-11-7-3/h9,13,21-22,25-26,32-34,36-38,73-75,80H,5-8,10-12,14-20,23-24,27-31,35,39-72H2,1-4H3,(H,85,86)(H,87,88)/b13-9-,25-21-,26-22-,34-32-,37-36-,38-33-. The molecule has 17 nitrogen and oxygen atoms in total. The summed E-state index contributed by atoms with van der Waals surface area (Å²) in [5.41, 5.74) is 0. The molecular weight excluding hydrogens is 1280 g/mol. The minimum atomic E-state index is -4.98. The first kappa shape index (κ1) is 94.5. The van der Waals surface area contributed by atoms with Crippen molar-refractivity contribution in [3.8, 4) is 0 Å². The van der Waals surface area contributed by atoms with Gasteiger partial charge < -0.3 is 33.8 Å². The van der Waals surface area contributed by atoms with Crippen molar-refractivity contribution in [1.29, 1.82) is 0 Å². The molecule has 0 amide bonds. The van der Waals surface area contributed by atoms with Crippen LogP contribution in [0.1, 0.15) is 349 Å². The number of hydrogen-bond donors (Lipinski definition) is 3. The molecule has 5 atom stereocenters. The van der Waals surface area contributed by atoms with Crippen molar-refractivity contribution in [2.24, 2.45) is 0 Å². The molecule has 98 heavy (non-hydrogen) atoms. The summed E-state index contributed by atoms with van der Waals surface area (Å²) in [6.45, 7) is 4.75. The van der Waals surface area contributed by atoms with Gasteiger partial charge in [-0.1, -0.05) is 300 Å². The van der Waals surface area contributed by atoms with Crippen molar-refractivity contribution < 1.29 is 80.2 Å². The number of aliphatic hydroxyl groups is 1. The topological polar surface area (TPSA) is 237 Å². The average molecular weight is 1430 g/mol. The van der Waals surface area contributed by atoms with Crippen molar-refractivity contribution in [2.75, 3.05) is 39.6 Å². The van der Waals surface area contributed by atoms with Crippen molar-refractivity contribution in [3.05, 3.63) is 72.9 Å². The zero-order valence-corrected chi connectivity index (χ0v) is 64.0. The second kappa shape index (κ2) is 71.9. The van der Waals surface area contributed by atoms with E-state index in [0.29, 0.717) is 25.7 Å². The molecule has 0 aromatic heterocycles. The quantitative estimate of drug-likeness (QED) is 0.0169. The molecule has 3 N–H and O–H groups in total. The second-order valence-electron chi connectivity index (χ2n) is 26.3. The molecular formula is C79H142O17P2. The van der Waals surface area contributed by atoms with Crippen LogP contribution in [0.3, 0.4) is 0 Å². The molecule has 0 rings (SSSR count). The van der Waals surface area contributed by atoms with E-state index in [1.165, 1.54) is 116 Å². The monoisotopic (exact) mass is 1420 g/mol. The molecule has 19 heteroatoms. The Morgan fingerprint density at radius 3 is 0.837 bits per heavy atom. The number of carbonyl (C=O) groups is 4. The zero-order valence-electron chi connectivity index (χ0n) is 62.2. The number of ether oxygens (including phenoxy) is 4. The predicted octanol–water partition coefficient (Wildman–Crippen LogP) is 22.4. The van der Waals surface area contributed by atoms with Crippen LogP contribution in [0.25, 0.3) is 0 Å². The molecule has 0 bridgehead atoms. The maximum absolute atomic E-state index is 13.1. The van der Waals surface area contributed by atoms with Crippen LogP contribution >= 0.6 is 15.6 Å². The van der Waals surface area contributed by atoms with Gasteiger partial charge >= 0.3 is 39.5 Å². The van der Waals surface area contributed by atoms with Crippen LogP contribution < -0.4 is 0 Å². The number of phosphoric acid groups is 2. The van der Waals surface area contributed by atoms with E-state index in [4.69, 9.17) is 37.0 Å². The lowest BCUT2D eigenvalue weighted by molar-refractivity contribution is -0.161. The van der Waals surface area contributed by atoms with Gasteiger partial charge in [-0.05, 0) is 96.3 Å². The van der Waals surface area contributed by atoms with Gasteiger partial charge in [0.25, 0.3) is 0 Å². The fourth-order valence-electron chi connectivity index (χ4n) is 10.7. The molecule has 0 aromatic carbocycles. The number of hydrogen-bond acceptors (Lipinski definition) is 15. The molecule has 0 spiro atoms. The van der Waals surface area contributed by atoms with Crippen molar-refractivity contribution >= 4 is 39.5 Å². The molecule has 0 aliphatic rings. The summed E-state index contributed by atoms with van der Waals surface area (Å²) in [4.78, 5) is 72.8. The summed E-state index contributed by atoms with van der Waals surface area (Å²) in [7, 11) is -9.94. The van der Waals surface area contributed by atoms with Gasteiger partial charge in [0, 0.05) is 25.7 Å². The zero-order chi connectivity index (χ0) is 71.8. The van der Waals surface area contributed by atoms with Crippen LogP contribution in [0.2, 0.25) is 0 Å². The number of carbonyl (C=O) groups excluding carboxylic acids is 4. The van der Waals surface area contributed by atoms with Crippen LogP contribution in [0.15, 0.2) is 72.9 Å². The molecule has 0 aliphatic heterocycles. The fourth-order valence-corrected chi connectivity index (χ4v) is 12.3. The van der Waals surface area contributed by atoms with E-state index in [1.807, 2.05) is 0 Å². The van der Waals surface area contributed by atoms with E-state index in [0.717, 1.165) is 154 Å². The molecule has 0 aromatic rings. The highest BCUT2D eigenvalue weighted by molar-refractivity contribution is 7.47. The van der Waals surface area contributed by atoms with Gasteiger partial charge in [0.2, 0.25) is 0 Å². The van der Waals surface area contributed by atoms with E-state index in [2.05, 4.69) is 101 Å². The molecule has 0 heterocycles. The third-order valence-corrected chi connectivity index (χ3v) is 18.6. The smallest absolute Gasteiger partial charge is 0.462 e. The van der Waals surface area contributed by atoms with Crippen LogP contribution in [-0.4, -0.2) is 96.7 Å². The highest BCUT2D eigenvalue weighted by Crippen LogP contribution is 2.45. The van der Waals surface area contributed by atoms with Crippen molar-refractivity contribution in [1.82, 2.24) is 0 Å². The van der Waals surface area contributed by atoms with E-state index in [-0.39, 0.29) is 25.7 Å². The summed E-state index contributed by atoms with van der Waals surface area (Å²) in [6.07, 6.45) is 71.7. The fraction of sp³-hybridized carbons (Fsp3) is 0.797. The molecule has 0 radical (unpaired) electrons. The Balaban J connectivity index is 5.31. The number of allylic oxidation sites excluding steroid dienone is 12. The predicted molar refractivity (Wildman–Crippen MR) is 400 cm³/mol. The summed E-state index contributed by atoms with van der Waals surface area (Å²) >= 11 is 0. The lowest BCUT2D eigenvalue weighted by Crippen LogP contribution is -2.30. The number of esters is 4. The first-order valence-electron chi connectivity index (χ1n) is 39.2. The number of aliphatic hydroxyl groups excluding tert-OH is 1. The molecule has 0 aliphatic carbocycles. The third-order valence-electron chi connectivity index (χ3n) is 16.7. The Morgan fingerprint density at radius 1 is 0.296 bits per heavy atom. The van der Waals surface area contributed by atoms with Crippen molar-refractivity contribution in [2.45, 2.75) is 367 Å². The molecule has 0 saturated heterocycles. The molecule has 0 saturated carbocycles. The van der Waals surface area contributed by atoms with Gasteiger partial charge in [0.15, 0.2) is 12.2 Å². The van der Waals surface area contributed by atoms with E-state index in [1.54, 1.807) is 0 Å². The molecule has 0 fully saturated rings. The van der Waals surface area contributed by atoms with Crippen LogP contribution in [0, 0.1) is 0 Å². The van der Waals surface area contributed by atoms with E-state index >= 15 is 0 Å². The largest absolute Gasteiger partial charge is 0.472 e. The lowest BCUT2D eigenvalue weighted by Gasteiger charge is -2.21. The Morgan fingerprint density at radius 2 is 0.531 bits per heavy atom. The van der Waals surface area contributed by atoms with Crippen LogP contribution in [0.4, 0.5) is 0 Å². The SMILES string of the molecule is CC/C=C\C/C=C\C/C=C\C/C=C\CCCCCCCCC(=O)OCC(COP(=O)(O)OCC(O)COP(=O)(O)OCC(COC(=O)CCCCCCCCCCCCCCC)OC(=O)CCCCCCCCCCCCC)OC(=O)CCCCCCC/C=C\C/C=C\CCCCC. The maximum Gasteiger partial charge on any atom is 0.472 e. The first-order valence-corrected chi connectivity index (χ1v) is 42.2. The van der Waals surface area contributed by atoms with Gasteiger partial charge in [0.1, 0.15) is 19.3 Å². The number of rotatable bonds is 74. The minimum absolute atomic E-state index is 0.0780. The Labute approximate surface area is 596 Å². The highest BCUT2D eigenvalue weighted by Gasteiger charge is 2.30.